The molecular formula is C27H40N6O4S. The van der Waals surface area contributed by atoms with Crippen molar-refractivity contribution in [3.8, 4) is 11.5 Å². The van der Waals surface area contributed by atoms with Crippen molar-refractivity contribution in [2.24, 2.45) is 17.6 Å². The van der Waals surface area contributed by atoms with Crippen LogP contribution < -0.4 is 30.6 Å². The van der Waals surface area contributed by atoms with Crippen molar-refractivity contribution in [1.29, 1.82) is 0 Å². The van der Waals surface area contributed by atoms with Crippen LogP contribution in [0.4, 0.5) is 11.8 Å². The molecule has 0 unspecified atom stereocenters. The molecule has 1 heterocycles. The first-order chi connectivity index (χ1) is 17.9. The van der Waals surface area contributed by atoms with Crippen LogP contribution in [0.5, 0.6) is 11.5 Å². The molecule has 0 spiro atoms. The van der Waals surface area contributed by atoms with Gasteiger partial charge in [-0.25, -0.2) is 18.1 Å². The van der Waals surface area contributed by atoms with E-state index in [1.807, 2.05) is 24.3 Å². The van der Waals surface area contributed by atoms with Gasteiger partial charge in [-0.2, -0.15) is 4.98 Å². The van der Waals surface area contributed by atoms with E-state index >= 15 is 0 Å². The van der Waals surface area contributed by atoms with E-state index in [1.165, 1.54) is 20.3 Å². The van der Waals surface area contributed by atoms with E-state index in [2.05, 4.69) is 25.3 Å². The third-order valence-corrected chi connectivity index (χ3v) is 8.22. The van der Waals surface area contributed by atoms with Crippen LogP contribution in [0.3, 0.4) is 0 Å². The quantitative estimate of drug-likeness (QED) is 0.268. The Balaban J connectivity index is 0.00000400. The summed E-state index contributed by atoms with van der Waals surface area (Å²) in [5.41, 5.74) is 6.53. The zero-order valence-electron chi connectivity index (χ0n) is 21.4. The molecule has 1 aliphatic rings. The van der Waals surface area contributed by atoms with Crippen LogP contribution in [-0.4, -0.2) is 58.8 Å². The number of anilines is 2. The number of nitrogens with two attached hydrogens (primary N) is 1. The number of para-hydroxylation sites is 1. The first-order valence-corrected chi connectivity index (χ1v) is 14.1. The van der Waals surface area contributed by atoms with E-state index in [-0.39, 0.29) is 18.2 Å². The van der Waals surface area contributed by atoms with Gasteiger partial charge in [0.2, 0.25) is 16.0 Å². The number of rotatable bonds is 12. The molecule has 10 nitrogen and oxygen atoms in total. The summed E-state index contributed by atoms with van der Waals surface area (Å²) in [6, 6.07) is 12.7. The topological polar surface area (TPSA) is 140 Å². The second kappa shape index (κ2) is 13.6. The van der Waals surface area contributed by atoms with Crippen molar-refractivity contribution in [3.05, 3.63) is 42.5 Å². The summed E-state index contributed by atoms with van der Waals surface area (Å²) in [4.78, 5) is 9.42. The van der Waals surface area contributed by atoms with Crippen LogP contribution in [-0.2, 0) is 10.0 Å². The maximum Gasteiger partial charge on any atom is 0.244 e. The number of hydrogen-bond donors (Lipinski definition) is 4. The largest absolute Gasteiger partial charge is 0.497 e. The first-order valence-electron chi connectivity index (χ1n) is 12.6. The zero-order valence-corrected chi connectivity index (χ0v) is 22.2. The Morgan fingerprint density at radius 2 is 1.66 bits per heavy atom. The molecule has 208 valence electrons. The highest BCUT2D eigenvalue weighted by Crippen LogP contribution is 2.31. The predicted molar refractivity (Wildman–Crippen MR) is 152 cm³/mol. The number of benzene rings is 2. The molecule has 3 aromatic rings. The van der Waals surface area contributed by atoms with Gasteiger partial charge in [0.15, 0.2) is 0 Å². The van der Waals surface area contributed by atoms with Gasteiger partial charge in [-0.15, -0.1) is 0 Å². The van der Waals surface area contributed by atoms with E-state index in [0.29, 0.717) is 43.0 Å². The summed E-state index contributed by atoms with van der Waals surface area (Å²) in [6.45, 7) is 2.33. The van der Waals surface area contributed by atoms with Gasteiger partial charge in [-0.1, -0.05) is 19.6 Å². The predicted octanol–water partition coefficient (Wildman–Crippen LogP) is 3.85. The van der Waals surface area contributed by atoms with Gasteiger partial charge in [0.1, 0.15) is 22.2 Å². The number of nitrogens with zero attached hydrogens (tertiary/aromatic N) is 2. The van der Waals surface area contributed by atoms with Crippen LogP contribution in [0, 0.1) is 11.8 Å². The minimum absolute atomic E-state index is 0. The van der Waals surface area contributed by atoms with Crippen molar-refractivity contribution < 1.29 is 17.9 Å². The molecule has 5 N–H and O–H groups in total. The van der Waals surface area contributed by atoms with E-state index in [4.69, 9.17) is 15.2 Å². The number of hydrogen-bond acceptors (Lipinski definition) is 9. The molecule has 1 fully saturated rings. The Bertz CT molecular complexity index is 1300. The van der Waals surface area contributed by atoms with E-state index in [9.17, 15) is 8.42 Å². The Kier molecular flexibility index (Phi) is 10.5. The average Bonchev–Trinajstić information content (AvgIpc) is 2.93. The fourth-order valence-electron chi connectivity index (χ4n) is 4.66. The number of nitrogens with one attached hydrogen (secondary N) is 3. The third kappa shape index (κ3) is 7.24. The maximum atomic E-state index is 13.0. The monoisotopic (exact) mass is 544 g/mol. The molecule has 1 aliphatic carbocycles. The molecule has 2 aromatic carbocycles. The number of sulfonamides is 1. The summed E-state index contributed by atoms with van der Waals surface area (Å²) in [7, 11) is -0.764. The molecule has 0 aliphatic heterocycles. The van der Waals surface area contributed by atoms with E-state index < -0.39 is 10.0 Å². The van der Waals surface area contributed by atoms with Crippen LogP contribution in [0.15, 0.2) is 47.4 Å². The lowest BCUT2D eigenvalue weighted by Gasteiger charge is -2.28. The van der Waals surface area contributed by atoms with Gasteiger partial charge < -0.3 is 25.8 Å². The number of fused-ring (bicyclic) bond motifs is 1. The molecule has 38 heavy (non-hydrogen) atoms. The maximum absolute atomic E-state index is 13.0. The van der Waals surface area contributed by atoms with E-state index in [0.717, 1.165) is 48.9 Å². The SMILES string of the molecule is C.COc1ccc(OC)c(S(=O)(=O)NCC2CCC(CNc3nc(NCCN)c4ccccc4n3)CC2)c1. The first kappa shape index (κ1) is 29.4. The lowest BCUT2D eigenvalue weighted by molar-refractivity contribution is 0.284. The Labute approximate surface area is 225 Å². The van der Waals surface area contributed by atoms with Gasteiger partial charge in [0.25, 0.3) is 0 Å². The Morgan fingerprint density at radius 3 is 2.34 bits per heavy atom. The molecule has 1 saturated carbocycles. The lowest BCUT2D eigenvalue weighted by Crippen LogP contribution is -2.32. The van der Waals surface area contributed by atoms with Crippen molar-refractivity contribution >= 4 is 32.7 Å². The number of aromatic nitrogens is 2. The minimum atomic E-state index is -3.72. The lowest BCUT2D eigenvalue weighted by atomic mass is 9.82. The van der Waals surface area contributed by atoms with Crippen LogP contribution >= 0.6 is 0 Å². The number of methoxy groups -OCH3 is 2. The molecule has 1 aromatic heterocycles. The van der Waals surface area contributed by atoms with Gasteiger partial charge >= 0.3 is 0 Å². The van der Waals surface area contributed by atoms with Gasteiger partial charge in [-0.3, -0.25) is 0 Å². The molecule has 11 heteroatoms. The minimum Gasteiger partial charge on any atom is -0.497 e. The standard InChI is InChI=1S/C26H36N6O4S.CH4/c1-35-20-11-12-23(36-2)24(15-20)37(33,34)30-17-19-9-7-18(8-10-19)16-29-26-31-22-6-4-3-5-21(22)25(32-26)28-14-13-27;/h3-6,11-12,15,18-19,30H,7-10,13-14,16-17,27H2,1-2H3,(H2,28,29,31,32);1H4. The normalized spacial score (nSPS) is 17.4. The van der Waals surface area contributed by atoms with Gasteiger partial charge in [-0.05, 0) is 61.8 Å². The van der Waals surface area contributed by atoms with Gasteiger partial charge in [0, 0.05) is 37.6 Å². The van der Waals surface area contributed by atoms with Crippen LogP contribution in [0.25, 0.3) is 10.9 Å². The fraction of sp³-hybridized carbons (Fsp3) is 0.481. The number of ether oxygens (including phenoxy) is 2. The second-order valence-corrected chi connectivity index (χ2v) is 11.0. The second-order valence-electron chi connectivity index (χ2n) is 9.26. The summed E-state index contributed by atoms with van der Waals surface area (Å²) < 4.78 is 39.1. The molecular weight excluding hydrogens is 504 g/mol. The summed E-state index contributed by atoms with van der Waals surface area (Å²) >= 11 is 0. The molecule has 0 atom stereocenters. The van der Waals surface area contributed by atoms with Crippen molar-refractivity contribution in [2.75, 3.05) is 51.0 Å². The van der Waals surface area contributed by atoms with Crippen molar-refractivity contribution in [1.82, 2.24) is 14.7 Å². The highest BCUT2D eigenvalue weighted by molar-refractivity contribution is 7.89. The molecule has 4 rings (SSSR count). The summed E-state index contributed by atoms with van der Waals surface area (Å²) in [5, 5.41) is 7.66. The summed E-state index contributed by atoms with van der Waals surface area (Å²) in [6.07, 6.45) is 3.92. The molecule has 0 amide bonds. The highest BCUT2D eigenvalue weighted by atomic mass is 32.2. The third-order valence-electron chi connectivity index (χ3n) is 6.78. The van der Waals surface area contributed by atoms with Gasteiger partial charge in [0.05, 0.1) is 19.7 Å². The highest BCUT2D eigenvalue weighted by Gasteiger charge is 2.25. The van der Waals surface area contributed by atoms with Crippen LogP contribution in [0.2, 0.25) is 0 Å². The Hall–Kier alpha value is -3.15. The molecule has 0 saturated heterocycles. The van der Waals surface area contributed by atoms with Crippen molar-refractivity contribution in [2.45, 2.75) is 38.0 Å². The summed E-state index contributed by atoms with van der Waals surface area (Å²) in [5.74, 6) is 2.89. The van der Waals surface area contributed by atoms with E-state index in [1.54, 1.807) is 12.1 Å². The van der Waals surface area contributed by atoms with Crippen LogP contribution in [0.1, 0.15) is 33.1 Å². The average molecular weight is 545 g/mol. The molecule has 0 radical (unpaired) electrons. The zero-order chi connectivity index (χ0) is 26.3. The smallest absolute Gasteiger partial charge is 0.244 e. The fourth-order valence-corrected chi connectivity index (χ4v) is 5.95. The molecule has 0 bridgehead atoms. The van der Waals surface area contributed by atoms with Crippen molar-refractivity contribution in [3.63, 3.8) is 0 Å². The Morgan fingerprint density at radius 1 is 0.947 bits per heavy atom.